The fraction of sp³-hybridized carbons (Fsp3) is 0.917. The second kappa shape index (κ2) is 5.61. The Kier molecular flexibility index (Phi) is 4.36. The maximum absolute atomic E-state index is 6.05. The Morgan fingerprint density at radius 3 is 2.29 bits per heavy atom. The fourth-order valence-corrected chi connectivity index (χ4v) is 3.28. The third kappa shape index (κ3) is 2.62. The van der Waals surface area contributed by atoms with E-state index in [1.165, 1.54) is 0 Å². The molecule has 2 N–H and O–H groups in total. The van der Waals surface area contributed by atoms with Gasteiger partial charge in [-0.2, -0.15) is 0 Å². The van der Waals surface area contributed by atoms with Crippen molar-refractivity contribution in [2.45, 2.75) is 25.3 Å². The van der Waals surface area contributed by atoms with E-state index in [9.17, 15) is 0 Å². The van der Waals surface area contributed by atoms with Crippen LogP contribution in [0.3, 0.4) is 0 Å². The van der Waals surface area contributed by atoms with Gasteiger partial charge in [0.25, 0.3) is 0 Å². The Bertz CT molecular complexity index is 271. The Labute approximate surface area is 109 Å². The third-order valence-electron chi connectivity index (χ3n) is 4.21. The van der Waals surface area contributed by atoms with E-state index in [0.717, 1.165) is 58.8 Å². The summed E-state index contributed by atoms with van der Waals surface area (Å²) in [4.78, 5) is 5.60. The molecule has 5 heteroatoms. The van der Waals surface area contributed by atoms with Gasteiger partial charge in [-0.25, -0.2) is 0 Å². The number of ether oxygens (including phenoxy) is 1. The van der Waals surface area contributed by atoms with Crippen LogP contribution >= 0.6 is 12.2 Å². The molecule has 2 saturated heterocycles. The molecule has 0 unspecified atom stereocenters. The molecule has 0 amide bonds. The molecule has 0 aromatic rings. The first-order chi connectivity index (χ1) is 8.19. The van der Waals surface area contributed by atoms with Gasteiger partial charge in [-0.05, 0) is 19.4 Å². The summed E-state index contributed by atoms with van der Waals surface area (Å²) in [5, 5.41) is 0. The smallest absolute Gasteiger partial charge is 0.0935 e. The van der Waals surface area contributed by atoms with Gasteiger partial charge in [-0.3, -0.25) is 4.90 Å². The van der Waals surface area contributed by atoms with Crippen molar-refractivity contribution >= 4 is 17.2 Å². The highest BCUT2D eigenvalue weighted by atomic mass is 32.1. The number of nitrogens with zero attached hydrogens (tertiary/aromatic N) is 2. The highest BCUT2D eigenvalue weighted by Gasteiger charge is 2.42. The highest BCUT2D eigenvalue weighted by Crippen LogP contribution is 2.30. The Morgan fingerprint density at radius 2 is 1.82 bits per heavy atom. The minimum Gasteiger partial charge on any atom is -0.392 e. The molecular weight excluding hydrogens is 234 g/mol. The average molecular weight is 257 g/mol. The predicted molar refractivity (Wildman–Crippen MR) is 73.3 cm³/mol. The van der Waals surface area contributed by atoms with Gasteiger partial charge in [0.1, 0.15) is 0 Å². The molecule has 0 spiro atoms. The SMILES string of the molecule is CCN1CCC(C(N)=S)(N2CCOCC2)CC1. The monoisotopic (exact) mass is 257 g/mol. The lowest BCUT2D eigenvalue weighted by atomic mass is 9.85. The van der Waals surface area contributed by atoms with Crippen LogP contribution in [0.4, 0.5) is 0 Å². The van der Waals surface area contributed by atoms with E-state index in [1.807, 2.05) is 0 Å². The van der Waals surface area contributed by atoms with Crippen molar-refractivity contribution in [1.82, 2.24) is 9.80 Å². The first-order valence-electron chi connectivity index (χ1n) is 6.54. The lowest BCUT2D eigenvalue weighted by Gasteiger charge is -2.49. The van der Waals surface area contributed by atoms with Crippen molar-refractivity contribution < 1.29 is 4.74 Å². The van der Waals surface area contributed by atoms with Crippen LogP contribution in [0, 0.1) is 0 Å². The third-order valence-corrected chi connectivity index (χ3v) is 4.59. The first kappa shape index (κ1) is 13.2. The van der Waals surface area contributed by atoms with Crippen molar-refractivity contribution in [3.8, 4) is 0 Å². The van der Waals surface area contributed by atoms with Crippen molar-refractivity contribution in [3.05, 3.63) is 0 Å². The van der Waals surface area contributed by atoms with Gasteiger partial charge in [0.2, 0.25) is 0 Å². The molecule has 0 atom stereocenters. The van der Waals surface area contributed by atoms with Crippen LogP contribution in [-0.2, 0) is 4.74 Å². The zero-order valence-corrected chi connectivity index (χ0v) is 11.5. The maximum atomic E-state index is 6.05. The largest absolute Gasteiger partial charge is 0.392 e. The predicted octanol–water partition coefficient (Wildman–Crippen LogP) is 0.459. The summed E-state index contributed by atoms with van der Waals surface area (Å²) in [6.45, 7) is 9.08. The van der Waals surface area contributed by atoms with Crippen molar-refractivity contribution in [2.75, 3.05) is 45.9 Å². The second-order valence-electron chi connectivity index (χ2n) is 4.93. The number of rotatable bonds is 3. The molecule has 0 aromatic heterocycles. The fourth-order valence-electron chi connectivity index (χ4n) is 2.95. The molecular formula is C12H23N3OS. The van der Waals surface area contributed by atoms with Crippen LogP contribution in [0.1, 0.15) is 19.8 Å². The van der Waals surface area contributed by atoms with Gasteiger partial charge < -0.3 is 15.4 Å². The Morgan fingerprint density at radius 1 is 1.24 bits per heavy atom. The highest BCUT2D eigenvalue weighted by molar-refractivity contribution is 7.80. The van der Waals surface area contributed by atoms with Crippen LogP contribution in [-0.4, -0.2) is 66.3 Å². The van der Waals surface area contributed by atoms with Gasteiger partial charge in [-0.15, -0.1) is 0 Å². The number of nitrogens with two attached hydrogens (primary N) is 1. The molecule has 0 aliphatic carbocycles. The summed E-state index contributed by atoms with van der Waals surface area (Å²) < 4.78 is 5.42. The van der Waals surface area contributed by atoms with E-state index in [4.69, 9.17) is 22.7 Å². The number of thiocarbonyl (C=S) groups is 1. The quantitative estimate of drug-likeness (QED) is 0.744. The summed E-state index contributed by atoms with van der Waals surface area (Å²) in [5.74, 6) is 0. The summed E-state index contributed by atoms with van der Waals surface area (Å²) >= 11 is 5.36. The van der Waals surface area contributed by atoms with Crippen LogP contribution in [0.5, 0.6) is 0 Å². The molecule has 0 saturated carbocycles. The topological polar surface area (TPSA) is 41.7 Å². The molecule has 2 aliphatic rings. The molecule has 4 nitrogen and oxygen atoms in total. The van der Waals surface area contributed by atoms with Crippen LogP contribution in [0.25, 0.3) is 0 Å². The van der Waals surface area contributed by atoms with Gasteiger partial charge in [0.15, 0.2) is 0 Å². The standard InChI is InChI=1S/C12H23N3OS/c1-2-14-5-3-12(4-6-14,11(13)17)15-7-9-16-10-8-15/h2-10H2,1H3,(H2,13,17). The number of hydrogen-bond donors (Lipinski definition) is 1. The van der Waals surface area contributed by atoms with Gasteiger partial charge in [0.05, 0.1) is 23.7 Å². The minimum absolute atomic E-state index is 0.0508. The summed E-state index contributed by atoms with van der Waals surface area (Å²) in [6.07, 6.45) is 2.13. The summed E-state index contributed by atoms with van der Waals surface area (Å²) in [5.41, 5.74) is 6.00. The summed E-state index contributed by atoms with van der Waals surface area (Å²) in [7, 11) is 0. The molecule has 2 fully saturated rings. The molecule has 2 aliphatic heterocycles. The molecule has 0 bridgehead atoms. The van der Waals surface area contributed by atoms with E-state index < -0.39 is 0 Å². The second-order valence-corrected chi connectivity index (χ2v) is 5.37. The van der Waals surface area contributed by atoms with E-state index in [2.05, 4.69) is 16.7 Å². The zero-order chi connectivity index (χ0) is 12.3. The number of likely N-dealkylation sites (tertiary alicyclic amines) is 1. The molecule has 0 radical (unpaired) electrons. The average Bonchev–Trinajstić information content (AvgIpc) is 2.39. The number of morpholine rings is 1. The van der Waals surface area contributed by atoms with Crippen LogP contribution in [0.15, 0.2) is 0 Å². The summed E-state index contributed by atoms with van der Waals surface area (Å²) in [6, 6.07) is 0. The number of piperidine rings is 1. The zero-order valence-electron chi connectivity index (χ0n) is 10.7. The van der Waals surface area contributed by atoms with Crippen LogP contribution in [0.2, 0.25) is 0 Å². The maximum Gasteiger partial charge on any atom is 0.0935 e. The van der Waals surface area contributed by atoms with Gasteiger partial charge in [0, 0.05) is 26.2 Å². The molecule has 0 aromatic carbocycles. The Hall–Kier alpha value is -0.230. The Balaban J connectivity index is 2.07. The molecule has 17 heavy (non-hydrogen) atoms. The lowest BCUT2D eigenvalue weighted by molar-refractivity contribution is -0.0186. The number of hydrogen-bond acceptors (Lipinski definition) is 4. The van der Waals surface area contributed by atoms with Crippen molar-refractivity contribution in [1.29, 1.82) is 0 Å². The van der Waals surface area contributed by atoms with Crippen molar-refractivity contribution in [2.24, 2.45) is 5.73 Å². The lowest BCUT2D eigenvalue weighted by Crippen LogP contribution is -2.63. The molecule has 2 heterocycles. The normalized spacial score (nSPS) is 26.9. The van der Waals surface area contributed by atoms with Gasteiger partial charge >= 0.3 is 0 Å². The minimum atomic E-state index is -0.0508. The van der Waals surface area contributed by atoms with Gasteiger partial charge in [-0.1, -0.05) is 19.1 Å². The van der Waals surface area contributed by atoms with E-state index in [0.29, 0.717) is 4.99 Å². The van der Waals surface area contributed by atoms with E-state index in [-0.39, 0.29) is 5.54 Å². The molecule has 2 rings (SSSR count). The first-order valence-corrected chi connectivity index (χ1v) is 6.95. The molecule has 98 valence electrons. The van der Waals surface area contributed by atoms with E-state index in [1.54, 1.807) is 0 Å². The van der Waals surface area contributed by atoms with Crippen LogP contribution < -0.4 is 5.73 Å². The van der Waals surface area contributed by atoms with Crippen molar-refractivity contribution in [3.63, 3.8) is 0 Å². The van der Waals surface area contributed by atoms with E-state index >= 15 is 0 Å².